The minimum Gasteiger partial charge on any atom is -0.345 e. The molecule has 1 aromatic carbocycles. The average molecular weight is 400 g/mol. The molecular weight excluding hydrogens is 379 g/mol. The highest BCUT2D eigenvalue weighted by atomic mass is 19.1. The third kappa shape index (κ3) is 4.18. The number of aromatic nitrogens is 1. The van der Waals surface area contributed by atoms with E-state index in [1.807, 2.05) is 0 Å². The van der Waals surface area contributed by atoms with Crippen molar-refractivity contribution in [2.24, 2.45) is 13.0 Å². The molecule has 9 heteroatoms. The lowest BCUT2D eigenvalue weighted by Crippen LogP contribution is -2.32. The van der Waals surface area contributed by atoms with E-state index in [1.165, 1.54) is 57.9 Å². The number of carbonyl (C=O) groups is 3. The minimum atomic E-state index is -0.675. The smallest absolute Gasteiger partial charge is 0.274 e. The normalized spacial score (nSPS) is 16.1. The van der Waals surface area contributed by atoms with E-state index in [9.17, 15) is 23.6 Å². The van der Waals surface area contributed by atoms with Crippen LogP contribution in [0.15, 0.2) is 41.3 Å². The lowest BCUT2D eigenvalue weighted by molar-refractivity contribution is -0.122. The summed E-state index contributed by atoms with van der Waals surface area (Å²) >= 11 is 0. The summed E-state index contributed by atoms with van der Waals surface area (Å²) in [5, 5.41) is 2.55. The van der Waals surface area contributed by atoms with Crippen LogP contribution < -0.4 is 15.8 Å². The Kier molecular flexibility index (Phi) is 5.49. The van der Waals surface area contributed by atoms with Gasteiger partial charge in [0.2, 0.25) is 11.8 Å². The van der Waals surface area contributed by atoms with E-state index in [0.29, 0.717) is 5.69 Å². The molecule has 1 aliphatic heterocycles. The van der Waals surface area contributed by atoms with Crippen LogP contribution >= 0.6 is 0 Å². The van der Waals surface area contributed by atoms with Crippen molar-refractivity contribution in [3.8, 4) is 0 Å². The zero-order valence-electron chi connectivity index (χ0n) is 16.3. The molecule has 3 rings (SSSR count). The number of halogens is 1. The molecule has 8 nitrogen and oxygen atoms in total. The number of benzene rings is 1. The maximum atomic E-state index is 13.1. The average Bonchev–Trinajstić information content (AvgIpc) is 3.07. The Morgan fingerprint density at radius 2 is 1.83 bits per heavy atom. The molecule has 3 amide bonds. The van der Waals surface area contributed by atoms with Crippen LogP contribution in [-0.2, 0) is 16.6 Å². The first kappa shape index (κ1) is 20.2. The number of carbonyl (C=O) groups excluding carboxylic acids is 3. The summed E-state index contributed by atoms with van der Waals surface area (Å²) in [6.45, 7) is 0.118. The van der Waals surface area contributed by atoms with Gasteiger partial charge in [0.1, 0.15) is 11.5 Å². The second-order valence-corrected chi connectivity index (χ2v) is 7.13. The molecule has 0 radical (unpaired) electrons. The van der Waals surface area contributed by atoms with Crippen LogP contribution in [0.1, 0.15) is 16.8 Å². The molecule has 2 aromatic rings. The van der Waals surface area contributed by atoms with E-state index in [1.54, 1.807) is 14.1 Å². The first-order chi connectivity index (χ1) is 13.7. The molecule has 0 bridgehead atoms. The van der Waals surface area contributed by atoms with E-state index in [-0.39, 0.29) is 36.0 Å². The van der Waals surface area contributed by atoms with Gasteiger partial charge in [-0.1, -0.05) is 0 Å². The van der Waals surface area contributed by atoms with Crippen molar-refractivity contribution in [2.45, 2.75) is 6.42 Å². The van der Waals surface area contributed by atoms with Crippen molar-refractivity contribution in [1.29, 1.82) is 0 Å². The summed E-state index contributed by atoms with van der Waals surface area (Å²) < 4.78 is 14.3. The van der Waals surface area contributed by atoms with Crippen molar-refractivity contribution in [3.05, 3.63) is 58.3 Å². The lowest BCUT2D eigenvalue weighted by atomic mass is 10.1. The third-order valence-electron chi connectivity index (χ3n) is 4.73. The van der Waals surface area contributed by atoms with Crippen LogP contribution in [0.3, 0.4) is 0 Å². The summed E-state index contributed by atoms with van der Waals surface area (Å²) in [5.41, 5.74) is 0.260. The number of nitrogens with one attached hydrogen (secondary N) is 1. The summed E-state index contributed by atoms with van der Waals surface area (Å²) in [6.07, 6.45) is 1.37. The van der Waals surface area contributed by atoms with E-state index in [2.05, 4.69) is 5.32 Å². The number of rotatable bonds is 4. The summed E-state index contributed by atoms with van der Waals surface area (Å²) in [7, 11) is 4.65. The minimum absolute atomic E-state index is 0.0279. The highest BCUT2D eigenvalue weighted by molar-refractivity contribution is 6.04. The highest BCUT2D eigenvalue weighted by Crippen LogP contribution is 2.26. The van der Waals surface area contributed by atoms with Gasteiger partial charge in [-0.25, -0.2) is 4.39 Å². The van der Waals surface area contributed by atoms with Gasteiger partial charge in [-0.15, -0.1) is 0 Å². The Bertz CT molecular complexity index is 1030. The predicted molar refractivity (Wildman–Crippen MR) is 105 cm³/mol. The van der Waals surface area contributed by atoms with Gasteiger partial charge in [0.05, 0.1) is 11.5 Å². The van der Waals surface area contributed by atoms with Crippen molar-refractivity contribution in [3.63, 3.8) is 0 Å². The second-order valence-electron chi connectivity index (χ2n) is 7.13. The number of anilines is 2. The standard InChI is InChI=1S/C20H21FN4O4/c1-23(2)19(28)13-8-16(20(29)24(3)10-13)22-18(27)12-9-17(26)25(11-12)15-6-4-14(21)5-7-15/h4-8,10,12H,9,11H2,1-3H3,(H,22,27). The SMILES string of the molecule is CN(C)C(=O)c1cc(NC(=O)C2CC(=O)N(c3ccc(F)cc3)C2)c(=O)n(C)c1. The van der Waals surface area contributed by atoms with Gasteiger partial charge in [-0.2, -0.15) is 0 Å². The Balaban J connectivity index is 1.78. The zero-order valence-corrected chi connectivity index (χ0v) is 16.3. The molecule has 1 saturated heterocycles. The molecule has 0 spiro atoms. The highest BCUT2D eigenvalue weighted by Gasteiger charge is 2.35. The Labute approximate surface area is 166 Å². The van der Waals surface area contributed by atoms with Crippen LogP contribution in [0.2, 0.25) is 0 Å². The third-order valence-corrected chi connectivity index (χ3v) is 4.73. The van der Waals surface area contributed by atoms with Crippen LogP contribution in [0.4, 0.5) is 15.8 Å². The molecule has 29 heavy (non-hydrogen) atoms. The maximum absolute atomic E-state index is 13.1. The molecule has 1 aromatic heterocycles. The molecule has 1 fully saturated rings. The lowest BCUT2D eigenvalue weighted by Gasteiger charge is -2.17. The van der Waals surface area contributed by atoms with Crippen LogP contribution in [0.5, 0.6) is 0 Å². The van der Waals surface area contributed by atoms with Gasteiger partial charge < -0.3 is 19.7 Å². The molecule has 2 heterocycles. The van der Waals surface area contributed by atoms with Gasteiger partial charge in [-0.3, -0.25) is 19.2 Å². The van der Waals surface area contributed by atoms with Crippen molar-refractivity contribution >= 4 is 29.1 Å². The molecule has 1 N–H and O–H groups in total. The first-order valence-corrected chi connectivity index (χ1v) is 8.96. The maximum Gasteiger partial charge on any atom is 0.274 e. The Morgan fingerprint density at radius 1 is 1.17 bits per heavy atom. The fourth-order valence-electron chi connectivity index (χ4n) is 3.17. The summed E-state index contributed by atoms with van der Waals surface area (Å²) in [5.74, 6) is -2.16. The van der Waals surface area contributed by atoms with E-state index < -0.39 is 23.2 Å². The molecule has 152 valence electrons. The van der Waals surface area contributed by atoms with Gasteiger partial charge >= 0.3 is 0 Å². The van der Waals surface area contributed by atoms with Crippen LogP contribution in [0.25, 0.3) is 0 Å². The van der Waals surface area contributed by atoms with Gasteiger partial charge in [0.15, 0.2) is 0 Å². The fraction of sp³-hybridized carbons (Fsp3) is 0.300. The molecule has 0 aliphatic carbocycles. The zero-order chi connectivity index (χ0) is 21.3. The number of nitrogens with zero attached hydrogens (tertiary/aromatic N) is 3. The van der Waals surface area contributed by atoms with Gasteiger partial charge in [0.25, 0.3) is 11.5 Å². The Morgan fingerprint density at radius 3 is 2.45 bits per heavy atom. The monoisotopic (exact) mass is 400 g/mol. The van der Waals surface area contributed by atoms with E-state index in [4.69, 9.17) is 0 Å². The van der Waals surface area contributed by atoms with Crippen molar-refractivity contribution in [2.75, 3.05) is 30.9 Å². The predicted octanol–water partition coefficient (Wildman–Crippen LogP) is 1.22. The van der Waals surface area contributed by atoms with Crippen molar-refractivity contribution in [1.82, 2.24) is 9.47 Å². The second kappa shape index (κ2) is 7.86. The van der Waals surface area contributed by atoms with E-state index in [0.717, 1.165) is 0 Å². The fourth-order valence-corrected chi connectivity index (χ4v) is 3.17. The number of pyridine rings is 1. The largest absolute Gasteiger partial charge is 0.345 e. The number of amides is 3. The van der Waals surface area contributed by atoms with Crippen LogP contribution in [0, 0.1) is 11.7 Å². The number of hydrogen-bond donors (Lipinski definition) is 1. The molecule has 1 aliphatic rings. The van der Waals surface area contributed by atoms with Gasteiger partial charge in [0, 0.05) is 46.0 Å². The van der Waals surface area contributed by atoms with Crippen molar-refractivity contribution < 1.29 is 18.8 Å². The summed E-state index contributed by atoms with van der Waals surface area (Å²) in [4.78, 5) is 52.3. The summed E-state index contributed by atoms with van der Waals surface area (Å²) in [6, 6.07) is 6.76. The molecule has 1 atom stereocenters. The quantitative estimate of drug-likeness (QED) is 0.835. The number of aryl methyl sites for hydroxylation is 1. The first-order valence-electron chi connectivity index (χ1n) is 8.96. The van der Waals surface area contributed by atoms with Crippen LogP contribution in [-0.4, -0.2) is 47.8 Å². The van der Waals surface area contributed by atoms with Gasteiger partial charge in [-0.05, 0) is 30.3 Å². The topological polar surface area (TPSA) is 91.7 Å². The van der Waals surface area contributed by atoms with E-state index >= 15 is 0 Å². The number of hydrogen-bond acceptors (Lipinski definition) is 4. The molecule has 0 saturated carbocycles. The molecule has 1 unspecified atom stereocenters. The molecular formula is C20H21FN4O4. The Hall–Kier alpha value is -3.49.